The highest BCUT2D eigenvalue weighted by atomic mass is 35.5. The van der Waals surface area contributed by atoms with Gasteiger partial charge in [0.1, 0.15) is 0 Å². The van der Waals surface area contributed by atoms with Gasteiger partial charge in [-0.1, -0.05) is 42.8 Å². The smallest absolute Gasteiger partial charge is 0.232 e. The number of aliphatic hydroxyl groups is 1. The quantitative estimate of drug-likeness (QED) is 0.330. The number of rotatable bonds is 8. The van der Waals surface area contributed by atoms with Crippen molar-refractivity contribution in [2.75, 3.05) is 25.1 Å². The van der Waals surface area contributed by atoms with Crippen molar-refractivity contribution >= 4 is 23.2 Å². The Morgan fingerprint density at radius 1 is 1.05 bits per heavy atom. The largest absolute Gasteiger partial charge is 0.493 e. The van der Waals surface area contributed by atoms with Crippen LogP contribution in [0.1, 0.15) is 74.4 Å². The van der Waals surface area contributed by atoms with Crippen LogP contribution in [0.3, 0.4) is 0 Å². The monoisotopic (exact) mass is 562 g/mol. The Morgan fingerprint density at radius 2 is 1.77 bits per heavy atom. The maximum absolute atomic E-state index is 13.8. The maximum Gasteiger partial charge on any atom is 0.232 e. The fourth-order valence-electron chi connectivity index (χ4n) is 5.83. The van der Waals surface area contributed by atoms with Crippen LogP contribution in [0.25, 0.3) is 0 Å². The predicted molar refractivity (Wildman–Crippen MR) is 160 cm³/mol. The van der Waals surface area contributed by atoms with Crippen molar-refractivity contribution in [2.24, 2.45) is 0 Å². The van der Waals surface area contributed by atoms with E-state index in [1.165, 1.54) is 5.56 Å². The summed E-state index contributed by atoms with van der Waals surface area (Å²) in [6.07, 6.45) is 2.76. The second-order valence-electron chi connectivity index (χ2n) is 11.0. The molecule has 4 atom stereocenters. The highest BCUT2D eigenvalue weighted by molar-refractivity contribution is 6.30. The van der Waals surface area contributed by atoms with Crippen LogP contribution < -0.4 is 14.4 Å². The van der Waals surface area contributed by atoms with Crippen molar-refractivity contribution in [3.05, 3.63) is 87.9 Å². The zero-order valence-electron chi connectivity index (χ0n) is 23.8. The van der Waals surface area contributed by atoms with Gasteiger partial charge in [-0.3, -0.25) is 9.69 Å². The molecule has 3 aromatic carbocycles. The van der Waals surface area contributed by atoms with E-state index in [4.69, 9.17) is 21.1 Å². The highest BCUT2D eigenvalue weighted by Gasteiger charge is 2.36. The van der Waals surface area contributed by atoms with Crippen LogP contribution >= 0.6 is 11.6 Å². The molecule has 212 valence electrons. The van der Waals surface area contributed by atoms with Gasteiger partial charge in [-0.2, -0.15) is 0 Å². The minimum Gasteiger partial charge on any atom is -0.493 e. The van der Waals surface area contributed by atoms with E-state index in [2.05, 4.69) is 30.9 Å². The summed E-state index contributed by atoms with van der Waals surface area (Å²) < 4.78 is 11.9. The molecule has 6 nitrogen and oxygen atoms in total. The molecule has 0 aromatic heterocycles. The van der Waals surface area contributed by atoms with Gasteiger partial charge >= 0.3 is 0 Å². The average molecular weight is 563 g/mol. The lowest BCUT2D eigenvalue weighted by atomic mass is 9.86. The van der Waals surface area contributed by atoms with E-state index >= 15 is 0 Å². The molecule has 40 heavy (non-hydrogen) atoms. The summed E-state index contributed by atoms with van der Waals surface area (Å²) in [4.78, 5) is 18.0. The highest BCUT2D eigenvalue weighted by Crippen LogP contribution is 2.44. The number of fused-ring (bicyclic) bond motifs is 1. The minimum atomic E-state index is -0.348. The summed E-state index contributed by atoms with van der Waals surface area (Å²) in [5.41, 5.74) is 4.92. The first-order valence-corrected chi connectivity index (χ1v) is 14.6. The van der Waals surface area contributed by atoms with Gasteiger partial charge in [-0.15, -0.1) is 0 Å². The Balaban J connectivity index is 1.54. The predicted octanol–water partition coefficient (Wildman–Crippen LogP) is 6.72. The normalized spacial score (nSPS) is 21.1. The summed E-state index contributed by atoms with van der Waals surface area (Å²) >= 11 is 6.25. The molecular weight excluding hydrogens is 524 g/mol. The van der Waals surface area contributed by atoms with E-state index in [0.717, 1.165) is 48.2 Å². The molecule has 3 aromatic rings. The number of aliphatic hydroxyl groups excluding tert-OH is 1. The van der Waals surface area contributed by atoms with Crippen LogP contribution in [-0.4, -0.2) is 48.3 Å². The maximum atomic E-state index is 13.8. The van der Waals surface area contributed by atoms with Gasteiger partial charge in [0.05, 0.1) is 31.8 Å². The first-order chi connectivity index (χ1) is 19.3. The van der Waals surface area contributed by atoms with E-state index in [0.29, 0.717) is 23.1 Å². The van der Waals surface area contributed by atoms with Crippen LogP contribution in [-0.2, 0) is 11.2 Å². The van der Waals surface area contributed by atoms with Crippen LogP contribution in [0, 0.1) is 0 Å². The molecule has 7 heteroatoms. The number of likely N-dealkylation sites (tertiary alicyclic amines) is 1. The number of ether oxygens (including phenoxy) is 2. The molecule has 1 amide bonds. The number of amides is 1. The van der Waals surface area contributed by atoms with E-state index in [-0.39, 0.29) is 36.6 Å². The van der Waals surface area contributed by atoms with Crippen molar-refractivity contribution in [3.8, 4) is 11.5 Å². The van der Waals surface area contributed by atoms with Gasteiger partial charge in [0, 0.05) is 23.3 Å². The van der Waals surface area contributed by atoms with Gasteiger partial charge < -0.3 is 19.5 Å². The van der Waals surface area contributed by atoms with Crippen LogP contribution in [0.4, 0.5) is 5.69 Å². The molecule has 0 saturated carbocycles. The van der Waals surface area contributed by atoms with Crippen LogP contribution in [0.15, 0.2) is 60.7 Å². The third-order valence-corrected chi connectivity index (χ3v) is 8.56. The molecule has 5 rings (SSSR count). The molecule has 0 aliphatic carbocycles. The van der Waals surface area contributed by atoms with Crippen LogP contribution in [0.5, 0.6) is 11.5 Å². The number of piperidine rings is 1. The van der Waals surface area contributed by atoms with E-state index < -0.39 is 0 Å². The molecule has 0 bridgehead atoms. The fourth-order valence-corrected chi connectivity index (χ4v) is 5.96. The number of halogens is 1. The SMILES string of the molecule is CCC(C)Oc1cc2c(cc1OC)CC(=O)N(c1ccc(C(C)N3CCCC(O)C3)cc1)C2c1ccc(Cl)cc1. The summed E-state index contributed by atoms with van der Waals surface area (Å²) in [5.74, 6) is 1.33. The second kappa shape index (κ2) is 12.2. The van der Waals surface area contributed by atoms with Crippen molar-refractivity contribution in [1.29, 1.82) is 0 Å². The Morgan fingerprint density at radius 3 is 2.42 bits per heavy atom. The third-order valence-electron chi connectivity index (χ3n) is 8.31. The molecule has 0 radical (unpaired) electrons. The molecular formula is C33H39ClN2O4. The fraction of sp³-hybridized carbons (Fsp3) is 0.424. The van der Waals surface area contributed by atoms with E-state index in [1.807, 2.05) is 60.4 Å². The third kappa shape index (κ3) is 5.85. The number of benzene rings is 3. The lowest BCUT2D eigenvalue weighted by Gasteiger charge is -2.38. The van der Waals surface area contributed by atoms with Gasteiger partial charge in [0.2, 0.25) is 5.91 Å². The number of β-amino-alcohol motifs (C(OH)–C–C–N with tert-alkyl or cyclic N) is 1. The Kier molecular flexibility index (Phi) is 8.69. The molecule has 2 heterocycles. The molecule has 1 N–H and O–H groups in total. The first-order valence-electron chi connectivity index (χ1n) is 14.3. The Hall–Kier alpha value is -3.06. The second-order valence-corrected chi connectivity index (χ2v) is 11.4. The number of methoxy groups -OCH3 is 1. The number of hydrogen-bond acceptors (Lipinski definition) is 5. The Bertz CT molecular complexity index is 1330. The zero-order valence-corrected chi connectivity index (χ0v) is 24.5. The molecule has 2 aliphatic heterocycles. The van der Waals surface area contributed by atoms with Gasteiger partial charge in [0.25, 0.3) is 0 Å². The number of nitrogens with zero attached hydrogens (tertiary/aromatic N) is 2. The van der Waals surface area contributed by atoms with Crippen LogP contribution in [0.2, 0.25) is 5.02 Å². The minimum absolute atomic E-state index is 0.0186. The topological polar surface area (TPSA) is 62.2 Å². The molecule has 1 saturated heterocycles. The average Bonchev–Trinajstić information content (AvgIpc) is 2.96. The number of carbonyl (C=O) groups excluding carboxylic acids is 1. The summed E-state index contributed by atoms with van der Waals surface area (Å²) in [6.45, 7) is 7.97. The number of hydrogen-bond donors (Lipinski definition) is 1. The molecule has 0 spiro atoms. The lowest BCUT2D eigenvalue weighted by molar-refractivity contribution is -0.118. The van der Waals surface area contributed by atoms with Gasteiger partial charge in [-0.25, -0.2) is 0 Å². The molecule has 4 unspecified atom stereocenters. The number of carbonyl (C=O) groups is 1. The van der Waals surface area contributed by atoms with Gasteiger partial charge in [0.15, 0.2) is 11.5 Å². The van der Waals surface area contributed by atoms with Crippen molar-refractivity contribution in [3.63, 3.8) is 0 Å². The van der Waals surface area contributed by atoms with E-state index in [9.17, 15) is 9.90 Å². The molecule has 2 aliphatic rings. The van der Waals surface area contributed by atoms with Gasteiger partial charge in [-0.05, 0) is 98.3 Å². The summed E-state index contributed by atoms with van der Waals surface area (Å²) in [7, 11) is 1.63. The summed E-state index contributed by atoms with van der Waals surface area (Å²) in [5, 5.41) is 10.8. The summed E-state index contributed by atoms with van der Waals surface area (Å²) in [6, 6.07) is 19.8. The zero-order chi connectivity index (χ0) is 28.4. The molecule has 1 fully saturated rings. The van der Waals surface area contributed by atoms with Crippen molar-refractivity contribution in [1.82, 2.24) is 4.90 Å². The van der Waals surface area contributed by atoms with E-state index in [1.54, 1.807) is 7.11 Å². The van der Waals surface area contributed by atoms with Crippen molar-refractivity contribution < 1.29 is 19.4 Å². The first kappa shape index (κ1) is 28.5. The standard InChI is InChI=1S/C33H39ClN2O4/c1-5-21(2)40-31-19-29-25(17-30(31)39-4)18-32(38)36(33(29)24-8-12-26(34)13-9-24)27-14-10-23(11-15-27)22(3)35-16-6-7-28(37)20-35/h8-15,17,19,21-22,28,33,37H,5-7,16,18,20H2,1-4H3. The van der Waals surface area contributed by atoms with Crippen molar-refractivity contribution in [2.45, 2.75) is 70.7 Å². The lowest BCUT2D eigenvalue weighted by Crippen LogP contribution is -2.41. The number of anilines is 1. The Labute approximate surface area is 242 Å².